The molecule has 0 bridgehead atoms. The average molecular weight is 348 g/mol. The number of hydrogen-bond donors (Lipinski definition) is 2. The highest BCUT2D eigenvalue weighted by Gasteiger charge is 2.13. The van der Waals surface area contributed by atoms with Crippen molar-refractivity contribution in [3.8, 4) is 0 Å². The molecule has 0 spiro atoms. The van der Waals surface area contributed by atoms with E-state index in [9.17, 15) is 8.42 Å². The van der Waals surface area contributed by atoms with E-state index in [1.54, 1.807) is 12.1 Å². The Labute approximate surface area is 143 Å². The van der Waals surface area contributed by atoms with E-state index in [4.69, 9.17) is 0 Å². The lowest BCUT2D eigenvalue weighted by Gasteiger charge is -2.19. The lowest BCUT2D eigenvalue weighted by molar-refractivity contribution is 0.590. The Morgan fingerprint density at radius 2 is 1.54 bits per heavy atom. The van der Waals surface area contributed by atoms with Crippen LogP contribution in [-0.4, -0.2) is 24.4 Å². The van der Waals surface area contributed by atoms with Crippen molar-refractivity contribution in [2.24, 2.45) is 0 Å². The first-order valence-corrected chi connectivity index (χ1v) is 9.56. The first kappa shape index (κ1) is 18.2. The predicted octanol–water partition coefficient (Wildman–Crippen LogP) is 3.67. The minimum atomic E-state index is -3.35. The number of anilines is 3. The van der Waals surface area contributed by atoms with Crippen molar-refractivity contribution >= 4 is 27.3 Å². The number of hydrogen-bond acceptors (Lipinski definition) is 5. The third-order valence-corrected chi connectivity index (χ3v) is 4.89. The summed E-state index contributed by atoms with van der Waals surface area (Å²) in [6.45, 7) is 8.31. The van der Waals surface area contributed by atoms with Crippen molar-refractivity contribution in [1.29, 1.82) is 0 Å². The zero-order valence-corrected chi connectivity index (χ0v) is 15.3. The van der Waals surface area contributed by atoms with Crippen LogP contribution in [0.2, 0.25) is 0 Å². The zero-order chi connectivity index (χ0) is 17.8. The average Bonchev–Trinajstić information content (AvgIpc) is 2.48. The Morgan fingerprint density at radius 3 is 2.04 bits per heavy atom. The van der Waals surface area contributed by atoms with Crippen LogP contribution in [0.4, 0.5) is 17.3 Å². The Kier molecular flexibility index (Phi) is 5.43. The van der Waals surface area contributed by atoms with Crippen molar-refractivity contribution in [2.45, 2.75) is 39.5 Å². The molecule has 24 heavy (non-hydrogen) atoms. The van der Waals surface area contributed by atoms with Gasteiger partial charge in [-0.15, -0.1) is 10.2 Å². The van der Waals surface area contributed by atoms with Gasteiger partial charge in [0.15, 0.2) is 11.6 Å². The summed E-state index contributed by atoms with van der Waals surface area (Å²) in [5.41, 5.74) is 2.26. The summed E-state index contributed by atoms with van der Waals surface area (Å²) in [5.74, 6) is 0.837. The molecule has 7 heteroatoms. The molecule has 1 heterocycles. The van der Waals surface area contributed by atoms with Gasteiger partial charge in [-0.05, 0) is 41.7 Å². The largest absolute Gasteiger partial charge is 0.339 e. The van der Waals surface area contributed by atoms with Crippen LogP contribution in [-0.2, 0) is 15.4 Å². The van der Waals surface area contributed by atoms with Crippen LogP contribution < -0.4 is 10.0 Å². The number of benzene rings is 1. The molecule has 6 nitrogen and oxygen atoms in total. The quantitative estimate of drug-likeness (QED) is 0.832. The van der Waals surface area contributed by atoms with Crippen molar-refractivity contribution in [3.63, 3.8) is 0 Å². The molecule has 0 fully saturated rings. The van der Waals surface area contributed by atoms with E-state index in [1.807, 2.05) is 19.1 Å². The molecule has 2 N–H and O–H groups in total. The monoisotopic (exact) mass is 348 g/mol. The van der Waals surface area contributed by atoms with Crippen LogP contribution in [0.25, 0.3) is 0 Å². The Morgan fingerprint density at radius 1 is 0.958 bits per heavy atom. The molecule has 1 aromatic carbocycles. The number of nitrogens with one attached hydrogen (secondary N) is 2. The molecule has 0 atom stereocenters. The molecule has 2 rings (SSSR count). The van der Waals surface area contributed by atoms with Gasteiger partial charge in [0.2, 0.25) is 10.0 Å². The number of aromatic nitrogens is 2. The summed E-state index contributed by atoms with van der Waals surface area (Å²) in [4.78, 5) is 0. The Hall–Kier alpha value is -2.15. The molecule has 0 saturated carbocycles. The second-order valence-electron chi connectivity index (χ2n) is 6.68. The van der Waals surface area contributed by atoms with Crippen molar-refractivity contribution in [1.82, 2.24) is 10.2 Å². The highest BCUT2D eigenvalue weighted by atomic mass is 32.2. The fourth-order valence-corrected chi connectivity index (χ4v) is 3.20. The Balaban J connectivity index is 2.04. The molecule has 0 amide bonds. The van der Waals surface area contributed by atoms with Gasteiger partial charge in [0.1, 0.15) is 0 Å². The number of rotatable bonds is 6. The molecule has 0 aliphatic carbocycles. The fourth-order valence-electron chi connectivity index (χ4n) is 2.13. The molecular weight excluding hydrogens is 324 g/mol. The zero-order valence-electron chi connectivity index (χ0n) is 14.5. The molecule has 2 aromatic rings. The van der Waals surface area contributed by atoms with E-state index >= 15 is 0 Å². The van der Waals surface area contributed by atoms with E-state index in [2.05, 4.69) is 53.1 Å². The maximum absolute atomic E-state index is 11.7. The number of nitrogens with zero attached hydrogens (tertiary/aromatic N) is 2. The summed E-state index contributed by atoms with van der Waals surface area (Å²) in [7, 11) is -3.35. The first-order chi connectivity index (χ1) is 11.2. The minimum Gasteiger partial charge on any atom is -0.339 e. The van der Waals surface area contributed by atoms with Gasteiger partial charge in [-0.25, -0.2) is 8.42 Å². The standard InChI is InChI=1S/C17H24N4O2S/c1-5-12-24(22,23)21-16-11-10-15(19-20-16)18-14-8-6-13(7-9-14)17(2,3)4/h6-11H,5,12H2,1-4H3,(H,18,19)(H,20,21). The second-order valence-corrected chi connectivity index (χ2v) is 8.52. The summed E-state index contributed by atoms with van der Waals surface area (Å²) >= 11 is 0. The van der Waals surface area contributed by atoms with Crippen LogP contribution in [0.3, 0.4) is 0 Å². The SMILES string of the molecule is CCCS(=O)(=O)Nc1ccc(Nc2ccc(C(C)(C)C)cc2)nn1. The topological polar surface area (TPSA) is 84.0 Å². The van der Waals surface area contributed by atoms with E-state index in [1.165, 1.54) is 5.56 Å². The second kappa shape index (κ2) is 7.17. The summed E-state index contributed by atoms with van der Waals surface area (Å²) in [5, 5.41) is 11.0. The number of sulfonamides is 1. The van der Waals surface area contributed by atoms with Crippen LogP contribution in [0, 0.1) is 0 Å². The summed E-state index contributed by atoms with van der Waals surface area (Å²) < 4.78 is 25.8. The van der Waals surface area contributed by atoms with Crippen molar-refractivity contribution < 1.29 is 8.42 Å². The van der Waals surface area contributed by atoms with Gasteiger partial charge < -0.3 is 5.32 Å². The molecule has 0 aliphatic heterocycles. The molecule has 130 valence electrons. The van der Waals surface area contributed by atoms with Crippen molar-refractivity contribution in [3.05, 3.63) is 42.0 Å². The highest BCUT2D eigenvalue weighted by molar-refractivity contribution is 7.92. The smallest absolute Gasteiger partial charge is 0.233 e. The van der Waals surface area contributed by atoms with Gasteiger partial charge in [0, 0.05) is 5.69 Å². The van der Waals surface area contributed by atoms with Gasteiger partial charge in [0.05, 0.1) is 5.75 Å². The van der Waals surface area contributed by atoms with Crippen molar-refractivity contribution in [2.75, 3.05) is 15.8 Å². The third-order valence-electron chi connectivity index (χ3n) is 3.42. The molecule has 0 unspecified atom stereocenters. The Bertz CT molecular complexity index is 764. The lowest BCUT2D eigenvalue weighted by atomic mass is 9.87. The van der Waals surface area contributed by atoms with Gasteiger partial charge in [0.25, 0.3) is 0 Å². The molecule has 0 saturated heterocycles. The molecule has 0 aliphatic rings. The highest BCUT2D eigenvalue weighted by Crippen LogP contribution is 2.24. The fraction of sp³-hybridized carbons (Fsp3) is 0.412. The van der Waals surface area contributed by atoms with Gasteiger partial charge >= 0.3 is 0 Å². The normalized spacial score (nSPS) is 12.0. The van der Waals surface area contributed by atoms with Crippen LogP contribution in [0.1, 0.15) is 39.7 Å². The third kappa shape index (κ3) is 5.19. The van der Waals surface area contributed by atoms with Gasteiger partial charge in [-0.3, -0.25) is 4.72 Å². The van der Waals surface area contributed by atoms with Gasteiger partial charge in [-0.1, -0.05) is 39.8 Å². The summed E-state index contributed by atoms with van der Waals surface area (Å²) in [6, 6.07) is 11.4. The predicted molar refractivity (Wildman–Crippen MR) is 98.2 cm³/mol. The summed E-state index contributed by atoms with van der Waals surface area (Å²) in [6.07, 6.45) is 0.549. The first-order valence-electron chi connectivity index (χ1n) is 7.91. The lowest BCUT2D eigenvalue weighted by Crippen LogP contribution is -2.17. The van der Waals surface area contributed by atoms with Crippen LogP contribution in [0.15, 0.2) is 36.4 Å². The molecule has 0 radical (unpaired) electrons. The maximum atomic E-state index is 11.7. The molecule has 1 aromatic heterocycles. The van der Waals surface area contributed by atoms with Gasteiger partial charge in [-0.2, -0.15) is 0 Å². The minimum absolute atomic E-state index is 0.0643. The van der Waals surface area contributed by atoms with Crippen LogP contribution >= 0.6 is 0 Å². The molecular formula is C17H24N4O2S. The van der Waals surface area contributed by atoms with E-state index in [0.29, 0.717) is 12.2 Å². The maximum Gasteiger partial charge on any atom is 0.233 e. The van der Waals surface area contributed by atoms with E-state index < -0.39 is 10.0 Å². The van der Waals surface area contributed by atoms with E-state index in [0.717, 1.165) is 5.69 Å². The van der Waals surface area contributed by atoms with E-state index in [-0.39, 0.29) is 17.0 Å². The van der Waals surface area contributed by atoms with Crippen LogP contribution in [0.5, 0.6) is 0 Å².